The number of carboxylic acid groups (broad SMARTS) is 1. The van der Waals surface area contributed by atoms with Crippen LogP contribution in [0.15, 0.2) is 71.5 Å². The number of aromatic carboxylic acids is 1. The molecule has 2 aromatic rings. The minimum atomic E-state index is -2.04. The number of anilines is 1. The monoisotopic (exact) mass is 428 g/mol. The molecule has 2 aromatic carbocycles. The number of carbonyl (C=O) groups excluding carboxylic acids is 1. The van der Waals surface area contributed by atoms with Crippen LogP contribution in [0.2, 0.25) is 13.1 Å². The van der Waals surface area contributed by atoms with Crippen LogP contribution in [-0.4, -0.2) is 52.5 Å². The van der Waals surface area contributed by atoms with E-state index >= 15 is 0 Å². The third-order valence-corrected chi connectivity index (χ3v) is 9.86. The maximum absolute atomic E-state index is 12.0. The normalized spacial score (nSPS) is 16.5. The third-order valence-electron chi connectivity index (χ3n) is 6.34. The Bertz CT molecular complexity index is 1230. The van der Waals surface area contributed by atoms with Gasteiger partial charge in [0.05, 0.1) is 5.97 Å². The molecule has 4 rings (SSSR count). The first kappa shape index (κ1) is 21.1. The van der Waals surface area contributed by atoms with Gasteiger partial charge >= 0.3 is 0 Å². The summed E-state index contributed by atoms with van der Waals surface area (Å²) in [4.78, 5) is 14.1. The average molecular weight is 429 g/mol. The van der Waals surface area contributed by atoms with Gasteiger partial charge in [-0.05, 0) is 50.9 Å². The number of nitrogens with zero attached hydrogens (tertiary/aromatic N) is 2. The third kappa shape index (κ3) is 3.39. The van der Waals surface area contributed by atoms with Crippen molar-refractivity contribution in [2.75, 3.05) is 33.1 Å². The van der Waals surface area contributed by atoms with E-state index in [0.717, 1.165) is 28.1 Å². The second kappa shape index (κ2) is 7.50. The summed E-state index contributed by atoms with van der Waals surface area (Å²) in [5, 5.41) is 14.6. The molecule has 0 radical (unpaired) electrons. The fraction of sp³-hybridized carbons (Fsp3) is 0.231. The van der Waals surface area contributed by atoms with Crippen LogP contribution < -0.4 is 15.2 Å². The minimum Gasteiger partial charge on any atom is -0.545 e. The number of fused-ring (bicyclic) bond motifs is 2. The van der Waals surface area contributed by atoms with Crippen LogP contribution in [0, 0.1) is 0 Å². The Hall–Kier alpha value is -3.18. The quantitative estimate of drug-likeness (QED) is 0.558. The number of benzene rings is 2. The van der Waals surface area contributed by atoms with E-state index in [4.69, 9.17) is 0 Å². The molecule has 0 saturated heterocycles. The van der Waals surface area contributed by atoms with Gasteiger partial charge in [0.2, 0.25) is 0 Å². The molecule has 158 valence electrons. The van der Waals surface area contributed by atoms with Crippen molar-refractivity contribution < 1.29 is 14.5 Å². The highest BCUT2D eigenvalue weighted by atomic mass is 28.3. The zero-order chi connectivity index (χ0) is 22.5. The minimum absolute atomic E-state index is 0.226. The molecule has 0 N–H and O–H groups in total. The second-order valence-corrected chi connectivity index (χ2v) is 13.4. The number of hydrogen-bond donors (Lipinski definition) is 0. The summed E-state index contributed by atoms with van der Waals surface area (Å²) in [6, 6.07) is 13.7. The van der Waals surface area contributed by atoms with Crippen molar-refractivity contribution >= 4 is 36.2 Å². The predicted molar refractivity (Wildman–Crippen MR) is 129 cm³/mol. The zero-order valence-electron chi connectivity index (χ0n) is 19.0. The van der Waals surface area contributed by atoms with Crippen LogP contribution >= 0.6 is 0 Å². The molecule has 31 heavy (non-hydrogen) atoms. The first-order valence-electron chi connectivity index (χ1n) is 10.4. The van der Waals surface area contributed by atoms with Crippen molar-refractivity contribution in [3.05, 3.63) is 88.2 Å². The fourth-order valence-corrected chi connectivity index (χ4v) is 7.62. The number of carbonyl (C=O) groups is 1. The van der Waals surface area contributed by atoms with Gasteiger partial charge in [-0.1, -0.05) is 43.4 Å². The number of allylic oxidation sites excluding steroid dienone is 5. The first-order valence-corrected chi connectivity index (χ1v) is 13.4. The summed E-state index contributed by atoms with van der Waals surface area (Å²) in [5.41, 5.74) is 6.47. The van der Waals surface area contributed by atoms with Gasteiger partial charge in [-0.25, -0.2) is 4.58 Å². The second-order valence-electron chi connectivity index (χ2n) is 9.08. The van der Waals surface area contributed by atoms with Crippen molar-refractivity contribution in [1.82, 2.24) is 0 Å². The smallest absolute Gasteiger partial charge is 0.199 e. The summed E-state index contributed by atoms with van der Waals surface area (Å²) < 4.78 is 2.12. The van der Waals surface area contributed by atoms with E-state index in [1.54, 1.807) is 12.1 Å². The maximum atomic E-state index is 12.0. The highest BCUT2D eigenvalue weighted by molar-refractivity contribution is 6.98. The van der Waals surface area contributed by atoms with Gasteiger partial charge < -0.3 is 14.8 Å². The molecular weight excluding hydrogens is 400 g/mol. The van der Waals surface area contributed by atoms with Crippen molar-refractivity contribution in [2.24, 2.45) is 0 Å². The van der Waals surface area contributed by atoms with Gasteiger partial charge in [-0.15, -0.1) is 0 Å². The fourth-order valence-electron chi connectivity index (χ4n) is 4.55. The summed E-state index contributed by atoms with van der Waals surface area (Å²) in [6.07, 6.45) is 6.56. The SMILES string of the molecule is CN(C)c1ccc2c(c1)[Si](C)(C)C1=CC(=[N+](C)C)C=CC1=C2c1ccccc1C(=O)[O-]. The molecule has 1 aliphatic heterocycles. The van der Waals surface area contributed by atoms with Gasteiger partial charge in [0.1, 0.15) is 22.2 Å². The standard InChI is InChI=1S/C26H28N2O2Si/c1-27(2)17-11-13-21-23(15-17)31(5,6)24-16-18(28(3)4)12-14-22(24)25(21)19-9-7-8-10-20(19)26(29)30/h7-16H,1-6H3. The van der Waals surface area contributed by atoms with Crippen molar-refractivity contribution in [3.63, 3.8) is 0 Å². The molecule has 1 heterocycles. The first-order chi connectivity index (χ1) is 14.6. The van der Waals surface area contributed by atoms with E-state index in [-0.39, 0.29) is 5.56 Å². The molecule has 1 aliphatic carbocycles. The topological polar surface area (TPSA) is 46.4 Å². The van der Waals surface area contributed by atoms with Crippen LogP contribution in [0.4, 0.5) is 5.69 Å². The lowest BCUT2D eigenvalue weighted by Crippen LogP contribution is -2.49. The Balaban J connectivity index is 2.13. The van der Waals surface area contributed by atoms with Gasteiger partial charge in [0, 0.05) is 37.5 Å². The van der Waals surface area contributed by atoms with E-state index < -0.39 is 14.0 Å². The predicted octanol–water partition coefficient (Wildman–Crippen LogP) is 2.60. The van der Waals surface area contributed by atoms with Crippen molar-refractivity contribution in [2.45, 2.75) is 13.1 Å². The molecule has 0 spiro atoms. The Kier molecular flexibility index (Phi) is 5.10. The molecule has 0 aromatic heterocycles. The van der Waals surface area contributed by atoms with E-state index in [1.807, 2.05) is 40.3 Å². The molecule has 0 fully saturated rings. The molecule has 2 aliphatic rings. The van der Waals surface area contributed by atoms with Crippen LogP contribution in [0.5, 0.6) is 0 Å². The Morgan fingerprint density at radius 1 is 1.00 bits per heavy atom. The number of hydrogen-bond acceptors (Lipinski definition) is 3. The molecular formula is C26H28N2O2Si. The highest BCUT2D eigenvalue weighted by Gasteiger charge is 2.40. The summed E-state index contributed by atoms with van der Waals surface area (Å²) >= 11 is 0. The average Bonchev–Trinajstić information content (AvgIpc) is 2.73. The van der Waals surface area contributed by atoms with Crippen LogP contribution in [-0.2, 0) is 0 Å². The number of rotatable bonds is 3. The zero-order valence-corrected chi connectivity index (χ0v) is 20.0. The Morgan fingerprint density at radius 3 is 2.35 bits per heavy atom. The van der Waals surface area contributed by atoms with Gasteiger partial charge in [0.15, 0.2) is 5.71 Å². The summed E-state index contributed by atoms with van der Waals surface area (Å²) in [5.74, 6) is -1.15. The summed E-state index contributed by atoms with van der Waals surface area (Å²) in [6.45, 7) is 4.76. The Labute approximate surface area is 185 Å². The van der Waals surface area contributed by atoms with E-state index in [1.165, 1.54) is 10.4 Å². The van der Waals surface area contributed by atoms with Crippen molar-refractivity contribution in [1.29, 1.82) is 0 Å². The largest absolute Gasteiger partial charge is 0.545 e. The van der Waals surface area contributed by atoms with Gasteiger partial charge in [0.25, 0.3) is 0 Å². The molecule has 0 bridgehead atoms. The summed E-state index contributed by atoms with van der Waals surface area (Å²) in [7, 11) is 6.15. The van der Waals surface area contributed by atoms with E-state index in [9.17, 15) is 9.90 Å². The molecule has 0 amide bonds. The lowest BCUT2D eigenvalue weighted by Gasteiger charge is -2.38. The lowest BCUT2D eigenvalue weighted by molar-refractivity contribution is -0.462. The molecule has 0 saturated carbocycles. The molecule has 0 unspecified atom stereocenters. The molecule has 5 heteroatoms. The Morgan fingerprint density at radius 2 is 1.71 bits per heavy atom. The lowest BCUT2D eigenvalue weighted by atomic mass is 9.87. The van der Waals surface area contributed by atoms with Crippen LogP contribution in [0.1, 0.15) is 21.5 Å². The van der Waals surface area contributed by atoms with E-state index in [2.05, 4.69) is 59.0 Å². The molecule has 0 atom stereocenters. The van der Waals surface area contributed by atoms with Gasteiger partial charge in [-0.2, -0.15) is 0 Å². The molecule has 4 nitrogen and oxygen atoms in total. The maximum Gasteiger partial charge on any atom is 0.199 e. The highest BCUT2D eigenvalue weighted by Crippen LogP contribution is 2.42. The number of carboxylic acids is 1. The van der Waals surface area contributed by atoms with Gasteiger partial charge in [-0.3, -0.25) is 0 Å². The van der Waals surface area contributed by atoms with Crippen LogP contribution in [0.3, 0.4) is 0 Å². The van der Waals surface area contributed by atoms with Crippen LogP contribution in [0.25, 0.3) is 5.57 Å². The van der Waals surface area contributed by atoms with E-state index in [0.29, 0.717) is 5.56 Å². The van der Waals surface area contributed by atoms with Crippen molar-refractivity contribution in [3.8, 4) is 0 Å².